The van der Waals surface area contributed by atoms with Gasteiger partial charge in [-0.2, -0.15) is 0 Å². The lowest BCUT2D eigenvalue weighted by atomic mass is 9.99. The summed E-state index contributed by atoms with van der Waals surface area (Å²) < 4.78 is 10.1. The molecule has 0 aliphatic rings. The van der Waals surface area contributed by atoms with Crippen molar-refractivity contribution < 1.29 is 19.1 Å². The molecule has 1 aromatic heterocycles. The summed E-state index contributed by atoms with van der Waals surface area (Å²) in [5.74, 6) is -0.786. The Morgan fingerprint density at radius 2 is 1.83 bits per heavy atom. The molecular formula is C24H27NO4. The van der Waals surface area contributed by atoms with Crippen LogP contribution in [0.15, 0.2) is 54.4 Å². The lowest BCUT2D eigenvalue weighted by molar-refractivity contribution is -0.148. The van der Waals surface area contributed by atoms with Gasteiger partial charge in [-0.3, -0.25) is 4.98 Å². The summed E-state index contributed by atoms with van der Waals surface area (Å²) in [6, 6.07) is 9.80. The number of pyridine rings is 1. The van der Waals surface area contributed by atoms with E-state index < -0.39 is 11.6 Å². The first-order chi connectivity index (χ1) is 13.7. The van der Waals surface area contributed by atoms with Crippen LogP contribution in [0.1, 0.15) is 49.9 Å². The van der Waals surface area contributed by atoms with Crippen LogP contribution in [0.5, 0.6) is 0 Å². The molecule has 152 valence electrons. The maximum atomic E-state index is 12.0. The summed E-state index contributed by atoms with van der Waals surface area (Å²) in [4.78, 5) is 27.9. The molecule has 0 unspecified atom stereocenters. The molecule has 1 heterocycles. The quantitative estimate of drug-likeness (QED) is 0.530. The number of hydrogen-bond donors (Lipinski definition) is 0. The van der Waals surface area contributed by atoms with E-state index in [2.05, 4.69) is 4.98 Å². The summed E-state index contributed by atoms with van der Waals surface area (Å²) in [5.41, 5.74) is 3.73. The number of benzene rings is 1. The Bertz CT molecular complexity index is 922. The van der Waals surface area contributed by atoms with Gasteiger partial charge in [0.2, 0.25) is 0 Å². The van der Waals surface area contributed by atoms with Crippen LogP contribution in [-0.2, 0) is 25.5 Å². The van der Waals surface area contributed by atoms with Crippen LogP contribution >= 0.6 is 0 Å². The standard InChI is InChI=1S/C24H27NO4/c1-17(23(27)28-5)11-20-12-18(8-9-22(26)29-24(2,3)4)13-21(15-20)14-19-7-6-10-25-16-19/h6-13,15-16H,14H2,1-5H3. The van der Waals surface area contributed by atoms with Crippen molar-refractivity contribution in [1.82, 2.24) is 4.98 Å². The highest BCUT2D eigenvalue weighted by Gasteiger charge is 2.14. The first-order valence-corrected chi connectivity index (χ1v) is 9.37. The number of hydrogen-bond acceptors (Lipinski definition) is 5. The zero-order chi connectivity index (χ0) is 21.4. The van der Waals surface area contributed by atoms with Gasteiger partial charge < -0.3 is 9.47 Å². The molecule has 0 spiro atoms. The predicted molar refractivity (Wildman–Crippen MR) is 114 cm³/mol. The number of rotatable bonds is 6. The maximum Gasteiger partial charge on any atom is 0.333 e. The highest BCUT2D eigenvalue weighted by Crippen LogP contribution is 2.19. The molecule has 5 heteroatoms. The van der Waals surface area contributed by atoms with Crippen LogP contribution in [0.2, 0.25) is 0 Å². The first kappa shape index (κ1) is 22.1. The minimum atomic E-state index is -0.547. The molecule has 0 fully saturated rings. The number of carbonyl (C=O) groups is 2. The molecule has 0 radical (unpaired) electrons. The van der Waals surface area contributed by atoms with Crippen molar-refractivity contribution >= 4 is 24.1 Å². The first-order valence-electron chi connectivity index (χ1n) is 9.37. The van der Waals surface area contributed by atoms with E-state index in [0.717, 1.165) is 22.3 Å². The molecule has 0 saturated heterocycles. The van der Waals surface area contributed by atoms with Crippen molar-refractivity contribution in [2.75, 3.05) is 7.11 Å². The van der Waals surface area contributed by atoms with Gasteiger partial charge in [0, 0.05) is 24.0 Å². The number of aromatic nitrogens is 1. The zero-order valence-electron chi connectivity index (χ0n) is 17.6. The van der Waals surface area contributed by atoms with Crippen molar-refractivity contribution in [3.05, 3.63) is 76.6 Å². The van der Waals surface area contributed by atoms with E-state index in [-0.39, 0.29) is 5.97 Å². The average molecular weight is 393 g/mol. The molecule has 2 rings (SSSR count). The minimum Gasteiger partial charge on any atom is -0.466 e. The van der Waals surface area contributed by atoms with Gasteiger partial charge >= 0.3 is 11.9 Å². The molecule has 0 aliphatic heterocycles. The molecular weight excluding hydrogens is 366 g/mol. The van der Waals surface area contributed by atoms with Crippen molar-refractivity contribution in [2.45, 2.75) is 39.7 Å². The van der Waals surface area contributed by atoms with Crippen molar-refractivity contribution in [1.29, 1.82) is 0 Å². The van der Waals surface area contributed by atoms with E-state index in [0.29, 0.717) is 12.0 Å². The van der Waals surface area contributed by atoms with Crippen molar-refractivity contribution in [2.24, 2.45) is 0 Å². The second-order valence-corrected chi connectivity index (χ2v) is 7.73. The van der Waals surface area contributed by atoms with E-state index >= 15 is 0 Å². The van der Waals surface area contributed by atoms with Gasteiger partial charge in [-0.25, -0.2) is 9.59 Å². The predicted octanol–water partition coefficient (Wildman–Crippen LogP) is 4.60. The molecule has 2 aromatic rings. The normalized spacial score (nSPS) is 12.1. The topological polar surface area (TPSA) is 65.5 Å². The molecule has 29 heavy (non-hydrogen) atoms. The Balaban J connectivity index is 2.36. The molecule has 1 aromatic carbocycles. The second-order valence-electron chi connectivity index (χ2n) is 7.73. The Hall–Kier alpha value is -3.21. The molecule has 5 nitrogen and oxygen atoms in total. The van der Waals surface area contributed by atoms with E-state index in [1.807, 2.05) is 57.3 Å². The van der Waals surface area contributed by atoms with Gasteiger partial charge in [-0.1, -0.05) is 18.2 Å². The third-order valence-electron chi connectivity index (χ3n) is 3.88. The molecule has 0 saturated carbocycles. The third kappa shape index (κ3) is 7.74. The molecule has 0 N–H and O–H groups in total. The minimum absolute atomic E-state index is 0.381. The summed E-state index contributed by atoms with van der Waals surface area (Å²) in [7, 11) is 1.35. The lowest BCUT2D eigenvalue weighted by Crippen LogP contribution is -2.22. The van der Waals surface area contributed by atoms with Crippen LogP contribution in [-0.4, -0.2) is 29.6 Å². The van der Waals surface area contributed by atoms with Gasteiger partial charge in [0.05, 0.1) is 7.11 Å². The molecule has 0 amide bonds. The number of carbonyl (C=O) groups excluding carboxylic acids is 2. The van der Waals surface area contributed by atoms with Gasteiger partial charge in [-0.05, 0) is 80.7 Å². The lowest BCUT2D eigenvalue weighted by Gasteiger charge is -2.17. The van der Waals surface area contributed by atoms with E-state index in [1.165, 1.54) is 13.2 Å². The Morgan fingerprint density at radius 3 is 2.45 bits per heavy atom. The number of methoxy groups -OCH3 is 1. The molecule has 0 bridgehead atoms. The van der Waals surface area contributed by atoms with E-state index in [9.17, 15) is 9.59 Å². The Labute approximate surface area is 172 Å². The molecule has 0 atom stereocenters. The fourth-order valence-electron chi connectivity index (χ4n) is 2.74. The summed E-state index contributed by atoms with van der Waals surface area (Å²) in [5, 5.41) is 0. The number of ether oxygens (including phenoxy) is 2. The zero-order valence-corrected chi connectivity index (χ0v) is 17.6. The van der Waals surface area contributed by atoms with Gasteiger partial charge in [0.1, 0.15) is 5.60 Å². The average Bonchev–Trinajstić information content (AvgIpc) is 2.65. The summed E-state index contributed by atoms with van der Waals surface area (Å²) >= 11 is 0. The van der Waals surface area contributed by atoms with Crippen molar-refractivity contribution in [3.8, 4) is 0 Å². The molecule has 0 aliphatic carbocycles. The Morgan fingerprint density at radius 1 is 1.10 bits per heavy atom. The highest BCUT2D eigenvalue weighted by molar-refractivity contribution is 5.93. The SMILES string of the molecule is COC(=O)C(C)=Cc1cc(C=CC(=O)OC(C)(C)C)cc(Cc2cccnc2)c1. The fourth-order valence-corrected chi connectivity index (χ4v) is 2.74. The highest BCUT2D eigenvalue weighted by atomic mass is 16.6. The fraction of sp³-hybridized carbons (Fsp3) is 0.292. The van der Waals surface area contributed by atoms with E-state index in [1.54, 1.807) is 25.3 Å². The van der Waals surface area contributed by atoms with Crippen LogP contribution in [0.4, 0.5) is 0 Å². The van der Waals surface area contributed by atoms with Crippen LogP contribution < -0.4 is 0 Å². The van der Waals surface area contributed by atoms with Crippen LogP contribution in [0.3, 0.4) is 0 Å². The largest absolute Gasteiger partial charge is 0.466 e. The Kier molecular flexibility index (Phi) is 7.48. The maximum absolute atomic E-state index is 12.0. The van der Waals surface area contributed by atoms with Crippen LogP contribution in [0, 0.1) is 0 Å². The van der Waals surface area contributed by atoms with Gasteiger partial charge in [-0.15, -0.1) is 0 Å². The van der Waals surface area contributed by atoms with Crippen molar-refractivity contribution in [3.63, 3.8) is 0 Å². The van der Waals surface area contributed by atoms with Gasteiger partial charge in [0.25, 0.3) is 0 Å². The van der Waals surface area contributed by atoms with Gasteiger partial charge in [0.15, 0.2) is 0 Å². The van der Waals surface area contributed by atoms with Crippen LogP contribution in [0.25, 0.3) is 12.2 Å². The summed E-state index contributed by atoms with van der Waals surface area (Å²) in [6.45, 7) is 7.18. The number of nitrogens with zero attached hydrogens (tertiary/aromatic N) is 1. The monoisotopic (exact) mass is 393 g/mol. The third-order valence-corrected chi connectivity index (χ3v) is 3.88. The smallest absolute Gasteiger partial charge is 0.333 e. The second kappa shape index (κ2) is 9.82. The summed E-state index contributed by atoms with van der Waals surface area (Å²) in [6.07, 6.45) is 9.12. The number of esters is 2. The van der Waals surface area contributed by atoms with E-state index in [4.69, 9.17) is 9.47 Å².